The summed E-state index contributed by atoms with van der Waals surface area (Å²) in [7, 11) is 4.08. The van der Waals surface area contributed by atoms with E-state index in [-0.39, 0.29) is 11.9 Å². The number of hydrogen-bond acceptors (Lipinski definition) is 5. The second kappa shape index (κ2) is 7.35. The maximum Gasteiger partial charge on any atom is 0.259 e. The lowest BCUT2D eigenvalue weighted by Crippen LogP contribution is -2.31. The van der Waals surface area contributed by atoms with Gasteiger partial charge in [-0.2, -0.15) is 0 Å². The molecule has 1 amide bonds. The van der Waals surface area contributed by atoms with Gasteiger partial charge in [-0.05, 0) is 51.9 Å². The van der Waals surface area contributed by atoms with Gasteiger partial charge in [-0.1, -0.05) is 18.1 Å². The smallest absolute Gasteiger partial charge is 0.259 e. The Morgan fingerprint density at radius 3 is 2.84 bits per heavy atom. The fourth-order valence-electron chi connectivity index (χ4n) is 3.49. The topological polar surface area (TPSA) is 62.5 Å². The van der Waals surface area contributed by atoms with Gasteiger partial charge < -0.3 is 14.3 Å². The number of carbonyl (C=O) groups is 1. The number of likely N-dealkylation sites (tertiary alicyclic amines) is 1. The molecule has 6 nitrogen and oxygen atoms in total. The van der Waals surface area contributed by atoms with E-state index in [0.29, 0.717) is 17.7 Å². The van der Waals surface area contributed by atoms with Gasteiger partial charge >= 0.3 is 0 Å². The highest BCUT2D eigenvalue weighted by atomic mass is 16.5. The Morgan fingerprint density at radius 2 is 2.20 bits per heavy atom. The molecule has 0 spiro atoms. The Labute approximate surface area is 148 Å². The van der Waals surface area contributed by atoms with Crippen molar-refractivity contribution in [2.75, 3.05) is 20.6 Å². The van der Waals surface area contributed by atoms with Gasteiger partial charge in [0.1, 0.15) is 11.3 Å². The predicted octanol–water partition coefficient (Wildman–Crippen LogP) is 2.98. The number of aryl methyl sites for hydroxylation is 2. The minimum Gasteiger partial charge on any atom is -0.361 e. The summed E-state index contributed by atoms with van der Waals surface area (Å²) in [6.07, 6.45) is 4.54. The van der Waals surface area contributed by atoms with Gasteiger partial charge in [-0.15, -0.1) is 0 Å². The zero-order chi connectivity index (χ0) is 18.0. The number of rotatable bonds is 5. The molecule has 3 rings (SSSR count). The van der Waals surface area contributed by atoms with Crippen LogP contribution in [0.5, 0.6) is 0 Å². The number of carbonyl (C=O) groups excluding carboxylic acids is 1. The fourth-order valence-corrected chi connectivity index (χ4v) is 3.49. The molecule has 0 saturated carbocycles. The van der Waals surface area contributed by atoms with Crippen LogP contribution in [0.25, 0.3) is 0 Å². The van der Waals surface area contributed by atoms with Crippen LogP contribution in [-0.4, -0.2) is 46.5 Å². The summed E-state index contributed by atoms with van der Waals surface area (Å²) >= 11 is 0. The molecule has 0 bridgehead atoms. The van der Waals surface area contributed by atoms with Crippen LogP contribution in [-0.2, 0) is 13.0 Å². The van der Waals surface area contributed by atoms with Crippen molar-refractivity contribution in [1.29, 1.82) is 0 Å². The molecule has 0 unspecified atom stereocenters. The summed E-state index contributed by atoms with van der Waals surface area (Å²) in [6, 6.07) is 4.18. The molecule has 0 radical (unpaired) electrons. The van der Waals surface area contributed by atoms with E-state index >= 15 is 0 Å². The molecule has 1 aliphatic rings. The van der Waals surface area contributed by atoms with Crippen LogP contribution in [0.4, 0.5) is 0 Å². The van der Waals surface area contributed by atoms with Crippen molar-refractivity contribution >= 4 is 5.91 Å². The molecular weight excluding hydrogens is 316 g/mol. The summed E-state index contributed by atoms with van der Waals surface area (Å²) in [5.41, 5.74) is 3.49. The summed E-state index contributed by atoms with van der Waals surface area (Å²) in [5, 5.41) is 4.02. The highest BCUT2D eigenvalue weighted by Crippen LogP contribution is 2.33. The number of amides is 1. The van der Waals surface area contributed by atoms with Gasteiger partial charge in [0, 0.05) is 19.3 Å². The Balaban J connectivity index is 1.82. The molecule has 1 fully saturated rings. The first-order valence-electron chi connectivity index (χ1n) is 8.87. The van der Waals surface area contributed by atoms with Crippen molar-refractivity contribution in [1.82, 2.24) is 19.9 Å². The zero-order valence-electron chi connectivity index (χ0n) is 15.5. The van der Waals surface area contributed by atoms with Crippen LogP contribution < -0.4 is 0 Å². The van der Waals surface area contributed by atoms with Crippen LogP contribution >= 0.6 is 0 Å². The lowest BCUT2D eigenvalue weighted by Gasteiger charge is -2.24. The molecule has 2 aromatic rings. The van der Waals surface area contributed by atoms with Crippen molar-refractivity contribution in [3.8, 4) is 0 Å². The van der Waals surface area contributed by atoms with Crippen LogP contribution in [0, 0.1) is 6.92 Å². The van der Waals surface area contributed by atoms with E-state index in [1.807, 2.05) is 32.1 Å². The van der Waals surface area contributed by atoms with Crippen molar-refractivity contribution < 1.29 is 9.32 Å². The third kappa shape index (κ3) is 3.58. The third-order valence-corrected chi connectivity index (χ3v) is 4.68. The Bertz CT molecular complexity index is 736. The molecule has 1 aliphatic heterocycles. The van der Waals surface area contributed by atoms with E-state index in [1.54, 1.807) is 6.92 Å². The molecule has 0 aromatic carbocycles. The van der Waals surface area contributed by atoms with E-state index in [2.05, 4.69) is 27.2 Å². The van der Waals surface area contributed by atoms with Crippen LogP contribution in [0.15, 0.2) is 22.9 Å². The molecule has 6 heteroatoms. The Morgan fingerprint density at radius 1 is 1.40 bits per heavy atom. The summed E-state index contributed by atoms with van der Waals surface area (Å²) in [5.74, 6) is 0.610. The van der Waals surface area contributed by atoms with Gasteiger partial charge in [0.2, 0.25) is 0 Å². The lowest BCUT2D eigenvalue weighted by molar-refractivity contribution is 0.0730. The monoisotopic (exact) mass is 342 g/mol. The van der Waals surface area contributed by atoms with E-state index in [4.69, 9.17) is 4.52 Å². The van der Waals surface area contributed by atoms with Crippen LogP contribution in [0.2, 0.25) is 0 Å². The predicted molar refractivity (Wildman–Crippen MR) is 95.3 cm³/mol. The standard InChI is InChI=1S/C19H26N4O2/c1-5-15-18(13(2)25-21-15)19(24)23-10-6-7-17(23)16-9-8-14(11-20-16)12-22(3)4/h8-9,11,17H,5-7,10,12H2,1-4H3/t17-/m0/s1. The molecule has 1 atom stereocenters. The molecule has 1 saturated heterocycles. The highest BCUT2D eigenvalue weighted by molar-refractivity contribution is 5.96. The van der Waals surface area contributed by atoms with Crippen molar-refractivity contribution in [3.63, 3.8) is 0 Å². The highest BCUT2D eigenvalue weighted by Gasteiger charge is 2.34. The Hall–Kier alpha value is -2.21. The minimum absolute atomic E-state index is 0.0114. The first-order valence-corrected chi connectivity index (χ1v) is 8.87. The average molecular weight is 342 g/mol. The SMILES string of the molecule is CCc1noc(C)c1C(=O)N1CCC[C@H]1c1ccc(CN(C)C)cn1. The normalized spacial score (nSPS) is 17.5. The molecule has 3 heterocycles. The van der Waals surface area contributed by atoms with Crippen molar-refractivity contribution in [3.05, 3.63) is 46.6 Å². The van der Waals surface area contributed by atoms with Crippen LogP contribution in [0.1, 0.15) is 58.9 Å². The van der Waals surface area contributed by atoms with Crippen LogP contribution in [0.3, 0.4) is 0 Å². The van der Waals surface area contributed by atoms with E-state index in [9.17, 15) is 4.79 Å². The minimum atomic E-state index is 0.0114. The van der Waals surface area contributed by atoms with Gasteiger partial charge in [-0.3, -0.25) is 9.78 Å². The summed E-state index contributed by atoms with van der Waals surface area (Å²) in [6.45, 7) is 5.40. The van der Waals surface area contributed by atoms with Crippen molar-refractivity contribution in [2.24, 2.45) is 0 Å². The maximum absolute atomic E-state index is 13.1. The third-order valence-electron chi connectivity index (χ3n) is 4.68. The number of pyridine rings is 1. The Kier molecular flexibility index (Phi) is 5.18. The van der Waals surface area contributed by atoms with E-state index in [1.165, 1.54) is 5.56 Å². The van der Waals surface area contributed by atoms with Gasteiger partial charge in [0.05, 0.1) is 17.4 Å². The molecular formula is C19H26N4O2. The van der Waals surface area contributed by atoms with Gasteiger partial charge in [0.25, 0.3) is 5.91 Å². The maximum atomic E-state index is 13.1. The largest absolute Gasteiger partial charge is 0.361 e. The van der Waals surface area contributed by atoms with E-state index in [0.717, 1.165) is 37.3 Å². The van der Waals surface area contributed by atoms with Gasteiger partial charge in [-0.25, -0.2) is 0 Å². The summed E-state index contributed by atoms with van der Waals surface area (Å²) < 4.78 is 5.24. The first kappa shape index (κ1) is 17.6. The second-order valence-corrected chi connectivity index (χ2v) is 6.90. The number of nitrogens with zero attached hydrogens (tertiary/aromatic N) is 4. The zero-order valence-corrected chi connectivity index (χ0v) is 15.5. The fraction of sp³-hybridized carbons (Fsp3) is 0.526. The molecule has 2 aromatic heterocycles. The molecule has 0 aliphatic carbocycles. The number of hydrogen-bond donors (Lipinski definition) is 0. The molecule has 0 N–H and O–H groups in total. The van der Waals surface area contributed by atoms with Gasteiger partial charge in [0.15, 0.2) is 0 Å². The quantitative estimate of drug-likeness (QED) is 0.836. The second-order valence-electron chi connectivity index (χ2n) is 6.90. The van der Waals surface area contributed by atoms with E-state index < -0.39 is 0 Å². The first-order chi connectivity index (χ1) is 12.0. The molecule has 25 heavy (non-hydrogen) atoms. The summed E-state index contributed by atoms with van der Waals surface area (Å²) in [4.78, 5) is 21.8. The lowest BCUT2D eigenvalue weighted by atomic mass is 10.1. The average Bonchev–Trinajstić information content (AvgIpc) is 3.21. The van der Waals surface area contributed by atoms with Crippen molar-refractivity contribution in [2.45, 2.75) is 45.7 Å². The number of aromatic nitrogens is 2. The molecule has 134 valence electrons.